The number of carboxylic acid groups (broad SMARTS) is 1. The van der Waals surface area contributed by atoms with Crippen LogP contribution in [0.25, 0.3) is 0 Å². The molecule has 3 N–H and O–H groups in total. The number of carboxylic acids is 1. The van der Waals surface area contributed by atoms with E-state index in [9.17, 15) is 14.7 Å². The summed E-state index contributed by atoms with van der Waals surface area (Å²) in [7, 11) is 0. The average molecular weight is 340 g/mol. The summed E-state index contributed by atoms with van der Waals surface area (Å²) in [6.07, 6.45) is 3.52. The first-order chi connectivity index (χ1) is 12.1. The molecule has 0 unspecified atom stereocenters. The summed E-state index contributed by atoms with van der Waals surface area (Å²) in [6, 6.07) is 15.3. The van der Waals surface area contributed by atoms with E-state index < -0.39 is 18.0 Å². The molecule has 2 amide bonds. The maximum atomic E-state index is 12.1. The summed E-state index contributed by atoms with van der Waals surface area (Å²) < 4.78 is 0. The third-order valence-electron chi connectivity index (χ3n) is 3.92. The Morgan fingerprint density at radius 2 is 1.68 bits per heavy atom. The van der Waals surface area contributed by atoms with Crippen LogP contribution >= 0.6 is 0 Å². The molecule has 0 aromatic heterocycles. The number of amides is 2. The minimum Gasteiger partial charge on any atom is -0.480 e. The lowest BCUT2D eigenvalue weighted by molar-refractivity contribution is -0.139. The highest BCUT2D eigenvalue weighted by Gasteiger charge is 2.20. The molecule has 0 heterocycles. The topological polar surface area (TPSA) is 78.4 Å². The van der Waals surface area contributed by atoms with Crippen molar-refractivity contribution >= 4 is 17.7 Å². The lowest BCUT2D eigenvalue weighted by Gasteiger charge is -2.15. The van der Waals surface area contributed by atoms with Crippen molar-refractivity contribution in [1.82, 2.24) is 5.32 Å². The van der Waals surface area contributed by atoms with E-state index in [0.717, 1.165) is 24.8 Å². The predicted molar refractivity (Wildman–Crippen MR) is 98.8 cm³/mol. The fourth-order valence-electron chi connectivity index (χ4n) is 2.51. The van der Waals surface area contributed by atoms with Crippen LogP contribution < -0.4 is 10.6 Å². The Bertz CT molecular complexity index is 684. The van der Waals surface area contributed by atoms with Crippen LogP contribution in [0.4, 0.5) is 10.5 Å². The van der Waals surface area contributed by atoms with E-state index in [4.69, 9.17) is 0 Å². The second-order valence-electron chi connectivity index (χ2n) is 5.98. The van der Waals surface area contributed by atoms with Gasteiger partial charge in [0.25, 0.3) is 0 Å². The third-order valence-corrected chi connectivity index (χ3v) is 3.92. The highest BCUT2D eigenvalue weighted by Crippen LogP contribution is 2.12. The summed E-state index contributed by atoms with van der Waals surface area (Å²) in [5.74, 6) is -1.06. The van der Waals surface area contributed by atoms with E-state index in [1.54, 1.807) is 0 Å². The van der Waals surface area contributed by atoms with Gasteiger partial charge in [0.05, 0.1) is 0 Å². The SMILES string of the molecule is CCCCc1ccc(NC(=O)N[C@H](Cc2ccccc2)C(=O)O)cc1. The first-order valence-corrected chi connectivity index (χ1v) is 8.51. The van der Waals surface area contributed by atoms with Crippen LogP contribution in [0.1, 0.15) is 30.9 Å². The van der Waals surface area contributed by atoms with Crippen LogP contribution in [0.15, 0.2) is 54.6 Å². The standard InChI is InChI=1S/C20H24N2O3/c1-2-3-7-15-10-12-17(13-11-15)21-20(25)22-18(19(23)24)14-16-8-5-4-6-9-16/h4-6,8-13,18H,2-3,7,14H2,1H3,(H,23,24)(H2,21,22,25)/t18-/m1/s1. The van der Waals surface area contributed by atoms with Crippen LogP contribution in [0.5, 0.6) is 0 Å². The highest BCUT2D eigenvalue weighted by atomic mass is 16.4. The van der Waals surface area contributed by atoms with Crippen LogP contribution in [0.3, 0.4) is 0 Å². The molecule has 0 fully saturated rings. The van der Waals surface area contributed by atoms with Crippen molar-refractivity contribution in [1.29, 1.82) is 0 Å². The molecule has 0 aliphatic carbocycles. The molecule has 5 nitrogen and oxygen atoms in total. The minimum absolute atomic E-state index is 0.236. The van der Waals surface area contributed by atoms with E-state index in [1.807, 2.05) is 54.6 Å². The number of anilines is 1. The van der Waals surface area contributed by atoms with E-state index in [1.165, 1.54) is 5.56 Å². The molecule has 2 rings (SSSR count). The number of carbonyl (C=O) groups excluding carboxylic acids is 1. The van der Waals surface area contributed by atoms with Gasteiger partial charge < -0.3 is 15.7 Å². The summed E-state index contributed by atoms with van der Waals surface area (Å²) in [5, 5.41) is 14.5. The van der Waals surface area contributed by atoms with Crippen molar-refractivity contribution in [2.24, 2.45) is 0 Å². The van der Waals surface area contributed by atoms with Gasteiger partial charge in [-0.15, -0.1) is 0 Å². The number of rotatable bonds is 8. The van der Waals surface area contributed by atoms with Gasteiger partial charge in [-0.1, -0.05) is 55.8 Å². The lowest BCUT2D eigenvalue weighted by atomic mass is 10.1. The number of hydrogen-bond donors (Lipinski definition) is 3. The Morgan fingerprint density at radius 3 is 2.28 bits per heavy atom. The maximum Gasteiger partial charge on any atom is 0.326 e. The van der Waals surface area contributed by atoms with Crippen molar-refractivity contribution in [2.45, 2.75) is 38.6 Å². The molecular weight excluding hydrogens is 316 g/mol. The molecule has 0 saturated carbocycles. The van der Waals surface area contributed by atoms with E-state index in [-0.39, 0.29) is 6.42 Å². The van der Waals surface area contributed by atoms with Gasteiger partial charge in [-0.05, 0) is 36.1 Å². The minimum atomic E-state index is -1.06. The van der Waals surface area contributed by atoms with E-state index >= 15 is 0 Å². The average Bonchev–Trinajstić information content (AvgIpc) is 2.61. The summed E-state index contributed by atoms with van der Waals surface area (Å²) in [4.78, 5) is 23.5. The molecular formula is C20H24N2O3. The van der Waals surface area contributed by atoms with Crippen LogP contribution in [-0.2, 0) is 17.6 Å². The number of urea groups is 1. The fraction of sp³-hybridized carbons (Fsp3) is 0.300. The van der Waals surface area contributed by atoms with Crippen LogP contribution in [0, 0.1) is 0 Å². The quantitative estimate of drug-likeness (QED) is 0.683. The molecule has 1 atom stereocenters. The first-order valence-electron chi connectivity index (χ1n) is 8.51. The van der Waals surface area contributed by atoms with Gasteiger partial charge in [0, 0.05) is 12.1 Å². The molecule has 5 heteroatoms. The Balaban J connectivity index is 1.91. The van der Waals surface area contributed by atoms with Crippen molar-refractivity contribution in [2.75, 3.05) is 5.32 Å². The van der Waals surface area contributed by atoms with Gasteiger partial charge in [0.1, 0.15) is 6.04 Å². The zero-order chi connectivity index (χ0) is 18.1. The largest absolute Gasteiger partial charge is 0.480 e. The van der Waals surface area contributed by atoms with Gasteiger partial charge in [-0.3, -0.25) is 0 Å². The molecule has 0 aliphatic rings. The van der Waals surface area contributed by atoms with Crippen molar-refractivity contribution in [3.8, 4) is 0 Å². The summed E-state index contributed by atoms with van der Waals surface area (Å²) in [5.41, 5.74) is 2.72. The van der Waals surface area contributed by atoms with Crippen molar-refractivity contribution in [3.05, 3.63) is 65.7 Å². The Morgan fingerprint density at radius 1 is 1.00 bits per heavy atom. The summed E-state index contributed by atoms with van der Waals surface area (Å²) in [6.45, 7) is 2.15. The normalized spacial score (nSPS) is 11.6. The number of carbonyl (C=O) groups is 2. The number of hydrogen-bond acceptors (Lipinski definition) is 2. The zero-order valence-electron chi connectivity index (χ0n) is 14.4. The van der Waals surface area contributed by atoms with E-state index in [2.05, 4.69) is 17.6 Å². The number of benzene rings is 2. The van der Waals surface area contributed by atoms with Crippen molar-refractivity contribution < 1.29 is 14.7 Å². The van der Waals surface area contributed by atoms with Gasteiger partial charge >= 0.3 is 12.0 Å². The molecule has 2 aromatic rings. The molecule has 0 aliphatic heterocycles. The maximum absolute atomic E-state index is 12.1. The molecule has 25 heavy (non-hydrogen) atoms. The molecule has 0 radical (unpaired) electrons. The van der Waals surface area contributed by atoms with Gasteiger partial charge in [0.15, 0.2) is 0 Å². The zero-order valence-corrected chi connectivity index (χ0v) is 14.4. The Hall–Kier alpha value is -2.82. The Kier molecular flexibility index (Phi) is 7.01. The Labute approximate surface area is 148 Å². The smallest absolute Gasteiger partial charge is 0.326 e. The van der Waals surface area contributed by atoms with Gasteiger partial charge in [0.2, 0.25) is 0 Å². The third kappa shape index (κ3) is 6.30. The number of nitrogens with one attached hydrogen (secondary N) is 2. The molecule has 2 aromatic carbocycles. The molecule has 0 saturated heterocycles. The molecule has 132 valence electrons. The first kappa shape index (κ1) is 18.5. The molecule has 0 bridgehead atoms. The fourth-order valence-corrected chi connectivity index (χ4v) is 2.51. The number of unbranched alkanes of at least 4 members (excludes halogenated alkanes) is 1. The number of aliphatic carboxylic acids is 1. The number of aryl methyl sites for hydroxylation is 1. The lowest BCUT2D eigenvalue weighted by Crippen LogP contribution is -2.44. The summed E-state index contributed by atoms with van der Waals surface area (Å²) >= 11 is 0. The second-order valence-corrected chi connectivity index (χ2v) is 5.98. The van der Waals surface area contributed by atoms with Crippen LogP contribution in [0.2, 0.25) is 0 Å². The monoisotopic (exact) mass is 340 g/mol. The highest BCUT2D eigenvalue weighted by molar-refractivity contribution is 5.92. The van der Waals surface area contributed by atoms with Crippen LogP contribution in [-0.4, -0.2) is 23.1 Å². The van der Waals surface area contributed by atoms with Gasteiger partial charge in [-0.2, -0.15) is 0 Å². The van der Waals surface area contributed by atoms with Crippen molar-refractivity contribution in [3.63, 3.8) is 0 Å². The van der Waals surface area contributed by atoms with Gasteiger partial charge in [-0.25, -0.2) is 9.59 Å². The second kappa shape index (κ2) is 9.47. The van der Waals surface area contributed by atoms with E-state index in [0.29, 0.717) is 5.69 Å². The predicted octanol–water partition coefficient (Wildman–Crippen LogP) is 3.85. The molecule has 0 spiro atoms.